The van der Waals surface area contributed by atoms with Crippen LogP contribution in [-0.4, -0.2) is 74.9 Å². The lowest BCUT2D eigenvalue weighted by Gasteiger charge is -2.34. The third-order valence-electron chi connectivity index (χ3n) is 6.34. The summed E-state index contributed by atoms with van der Waals surface area (Å²) in [6.45, 7) is 4.92. The maximum atomic E-state index is 12.0. The molecule has 2 saturated heterocycles. The number of ether oxygens (including phenoxy) is 1. The summed E-state index contributed by atoms with van der Waals surface area (Å²) >= 11 is 0. The number of amides is 2. The van der Waals surface area contributed by atoms with Gasteiger partial charge in [-0.3, -0.25) is 9.69 Å². The summed E-state index contributed by atoms with van der Waals surface area (Å²) in [6.07, 6.45) is 0.659. The van der Waals surface area contributed by atoms with Crippen LogP contribution in [0.5, 0.6) is 0 Å². The second kappa shape index (κ2) is 11.5. The molecule has 182 valence electrons. The molecule has 2 atom stereocenters. The number of carbonyl (C=O) groups is 4. The maximum absolute atomic E-state index is 12.0. The quantitative estimate of drug-likeness (QED) is 0.601. The highest BCUT2D eigenvalue weighted by Gasteiger charge is 2.40. The molecule has 2 fully saturated rings. The molecule has 2 unspecified atom stereocenters. The van der Waals surface area contributed by atoms with Gasteiger partial charge in [0, 0.05) is 19.6 Å². The van der Waals surface area contributed by atoms with E-state index in [1.54, 1.807) is 6.92 Å². The van der Waals surface area contributed by atoms with Gasteiger partial charge in [0.05, 0.1) is 5.41 Å². The Kier molecular flexibility index (Phi) is 9.07. The van der Waals surface area contributed by atoms with Gasteiger partial charge in [0.15, 0.2) is 0 Å². The first-order valence-electron chi connectivity index (χ1n) is 11.0. The van der Waals surface area contributed by atoms with Gasteiger partial charge in [-0.1, -0.05) is 43.7 Å². The number of carboxylic acids is 2. The number of rotatable bonds is 5. The summed E-state index contributed by atoms with van der Waals surface area (Å²) in [7, 11) is 0. The van der Waals surface area contributed by atoms with E-state index in [4.69, 9.17) is 14.9 Å². The van der Waals surface area contributed by atoms with E-state index in [0.717, 1.165) is 12.0 Å². The van der Waals surface area contributed by atoms with Crippen LogP contribution in [0.2, 0.25) is 0 Å². The molecule has 10 nitrogen and oxygen atoms in total. The second-order valence-electron chi connectivity index (χ2n) is 8.69. The monoisotopic (exact) mass is 464 g/mol. The Bertz CT molecular complexity index is 836. The molecule has 1 aromatic carbocycles. The Balaban J connectivity index is 0.000000257. The van der Waals surface area contributed by atoms with Crippen LogP contribution < -0.4 is 0 Å². The molecule has 2 aliphatic heterocycles. The predicted octanol–water partition coefficient (Wildman–Crippen LogP) is 3.36. The minimum absolute atomic E-state index is 0.166. The minimum Gasteiger partial charge on any atom is -0.481 e. The average Bonchev–Trinajstić information content (AvgIpc) is 3.24. The van der Waals surface area contributed by atoms with Crippen molar-refractivity contribution in [1.29, 1.82) is 0 Å². The number of hydrogen-bond donors (Lipinski definition) is 3. The van der Waals surface area contributed by atoms with Crippen LogP contribution in [0, 0.1) is 11.3 Å². The third kappa shape index (κ3) is 7.10. The lowest BCUT2D eigenvalue weighted by molar-refractivity contribution is -0.150. The number of likely N-dealkylation sites (tertiary alicyclic amines) is 2. The minimum atomic E-state index is -0.965. The first kappa shape index (κ1) is 26.0. The van der Waals surface area contributed by atoms with Gasteiger partial charge in [0.1, 0.15) is 12.6 Å². The fourth-order valence-corrected chi connectivity index (χ4v) is 3.86. The van der Waals surface area contributed by atoms with Crippen LogP contribution in [-0.2, 0) is 20.9 Å². The smallest absolute Gasteiger partial charge is 0.410 e. The molecule has 1 aromatic rings. The molecule has 3 rings (SSSR count). The van der Waals surface area contributed by atoms with Crippen molar-refractivity contribution in [1.82, 2.24) is 9.80 Å². The Morgan fingerprint density at radius 3 is 2.15 bits per heavy atom. The Labute approximate surface area is 192 Å². The Hall–Kier alpha value is -3.30. The average molecular weight is 465 g/mol. The highest BCUT2D eigenvalue weighted by Crippen LogP contribution is 2.31. The molecule has 0 aromatic heterocycles. The summed E-state index contributed by atoms with van der Waals surface area (Å²) in [5.41, 5.74) is 0.144. The standard InChI is InChI=1S/C15H19NO4.C8H13NO4/c1-2-11-8-13(14(17)18)16(9-11)15(19)20-10-12-6-4-3-5-7-12;1-8(6(10)11)2-4-9(5-3-8)7(12)13/h3-7,11,13H,2,8-10H2,1H3,(H,17,18);2-5H2,1H3,(H,10,11)(H,12,13). The van der Waals surface area contributed by atoms with Gasteiger partial charge in [0.25, 0.3) is 0 Å². The van der Waals surface area contributed by atoms with Gasteiger partial charge >= 0.3 is 24.1 Å². The molecule has 0 bridgehead atoms. The molecule has 10 heteroatoms. The fourth-order valence-electron chi connectivity index (χ4n) is 3.86. The van der Waals surface area contributed by atoms with Gasteiger partial charge in [-0.2, -0.15) is 0 Å². The number of nitrogens with zero attached hydrogens (tertiary/aromatic N) is 2. The number of aliphatic carboxylic acids is 2. The van der Waals surface area contributed by atoms with Crippen molar-refractivity contribution in [3.05, 3.63) is 35.9 Å². The van der Waals surface area contributed by atoms with E-state index in [1.165, 1.54) is 9.80 Å². The summed E-state index contributed by atoms with van der Waals surface area (Å²) in [4.78, 5) is 47.1. The normalized spacial score (nSPS) is 21.5. The van der Waals surface area contributed by atoms with Crippen molar-refractivity contribution in [2.45, 2.75) is 52.2 Å². The number of benzene rings is 1. The zero-order valence-electron chi connectivity index (χ0n) is 19.0. The molecule has 33 heavy (non-hydrogen) atoms. The molecule has 0 saturated carbocycles. The van der Waals surface area contributed by atoms with Gasteiger partial charge in [-0.25, -0.2) is 14.4 Å². The molecule has 2 aliphatic rings. The van der Waals surface area contributed by atoms with Gasteiger partial charge in [-0.15, -0.1) is 0 Å². The van der Waals surface area contributed by atoms with Crippen LogP contribution >= 0.6 is 0 Å². The van der Waals surface area contributed by atoms with Crippen molar-refractivity contribution < 1.29 is 39.2 Å². The molecular formula is C23H32N2O8. The number of carbonyl (C=O) groups excluding carboxylic acids is 1. The van der Waals surface area contributed by atoms with Crippen LogP contribution in [0.15, 0.2) is 30.3 Å². The van der Waals surface area contributed by atoms with Crippen molar-refractivity contribution in [3.63, 3.8) is 0 Å². The Morgan fingerprint density at radius 2 is 1.67 bits per heavy atom. The summed E-state index contributed by atoms with van der Waals surface area (Å²) < 4.78 is 5.21. The predicted molar refractivity (Wildman–Crippen MR) is 118 cm³/mol. The lowest BCUT2D eigenvalue weighted by Crippen LogP contribution is -2.44. The number of carboxylic acid groups (broad SMARTS) is 3. The molecule has 0 spiro atoms. The van der Waals surface area contributed by atoms with E-state index in [1.807, 2.05) is 37.3 Å². The topological polar surface area (TPSA) is 145 Å². The molecule has 2 heterocycles. The van der Waals surface area contributed by atoms with Crippen molar-refractivity contribution in [3.8, 4) is 0 Å². The first-order valence-corrected chi connectivity index (χ1v) is 11.0. The molecule has 0 aliphatic carbocycles. The zero-order valence-corrected chi connectivity index (χ0v) is 19.0. The highest BCUT2D eigenvalue weighted by atomic mass is 16.6. The van der Waals surface area contributed by atoms with E-state index >= 15 is 0 Å². The fraction of sp³-hybridized carbons (Fsp3) is 0.565. The van der Waals surface area contributed by atoms with Crippen molar-refractivity contribution in [2.75, 3.05) is 19.6 Å². The van der Waals surface area contributed by atoms with Gasteiger partial charge < -0.3 is 25.0 Å². The Morgan fingerprint density at radius 1 is 1.06 bits per heavy atom. The zero-order chi connectivity index (χ0) is 24.6. The molecule has 2 amide bonds. The highest BCUT2D eigenvalue weighted by molar-refractivity contribution is 5.80. The summed E-state index contributed by atoms with van der Waals surface area (Å²) in [6, 6.07) is 8.58. The van der Waals surface area contributed by atoms with Gasteiger partial charge in [-0.05, 0) is 37.7 Å². The number of hydrogen-bond acceptors (Lipinski definition) is 5. The van der Waals surface area contributed by atoms with E-state index in [9.17, 15) is 24.3 Å². The first-order chi connectivity index (χ1) is 15.6. The maximum Gasteiger partial charge on any atom is 0.410 e. The lowest BCUT2D eigenvalue weighted by atomic mass is 9.81. The van der Waals surface area contributed by atoms with Crippen LogP contribution in [0.3, 0.4) is 0 Å². The van der Waals surface area contributed by atoms with Crippen LogP contribution in [0.4, 0.5) is 9.59 Å². The van der Waals surface area contributed by atoms with Gasteiger partial charge in [0.2, 0.25) is 0 Å². The van der Waals surface area contributed by atoms with Crippen molar-refractivity contribution >= 4 is 24.1 Å². The third-order valence-corrected chi connectivity index (χ3v) is 6.34. The van der Waals surface area contributed by atoms with E-state index < -0.39 is 35.6 Å². The molecule has 3 N–H and O–H groups in total. The van der Waals surface area contributed by atoms with E-state index in [0.29, 0.717) is 38.9 Å². The van der Waals surface area contributed by atoms with Crippen molar-refractivity contribution in [2.24, 2.45) is 11.3 Å². The summed E-state index contributed by atoms with van der Waals surface area (Å²) in [5.74, 6) is -1.56. The van der Waals surface area contributed by atoms with E-state index in [2.05, 4.69) is 0 Å². The second-order valence-corrected chi connectivity index (χ2v) is 8.69. The largest absolute Gasteiger partial charge is 0.481 e. The number of piperidine rings is 1. The van der Waals surface area contributed by atoms with Crippen LogP contribution in [0.25, 0.3) is 0 Å². The molecular weight excluding hydrogens is 432 g/mol. The van der Waals surface area contributed by atoms with Crippen LogP contribution in [0.1, 0.15) is 45.1 Å². The molecule has 0 radical (unpaired) electrons. The SMILES string of the molecule is CC1(C(=O)O)CCN(C(=O)O)CC1.CCC1CC(C(=O)O)N(C(=O)OCc2ccccc2)C1. The van der Waals surface area contributed by atoms with E-state index in [-0.39, 0.29) is 12.5 Å². The summed E-state index contributed by atoms with van der Waals surface area (Å²) in [5, 5.41) is 26.7.